The lowest BCUT2D eigenvalue weighted by molar-refractivity contribution is -0.152. The molecule has 1 saturated carbocycles. The standard InChI is InChI=1S/C26H46N6O4/c1-25(2,3)22(24(36)31-16-18(33)15-19(31)23(35)27-4)32-26(12-8-6-9-13-26)20(28-29-32)17-30-14-10-5-7-11-21(30)34/h18-20,22,28-29,33H,5-17H2,1-4H3,(H,27,35)/t18-,19+,20?,22-/m1/s1. The third-order valence-corrected chi connectivity index (χ3v) is 8.70. The molecule has 3 amide bonds. The first-order valence-corrected chi connectivity index (χ1v) is 13.9. The molecule has 4 atom stereocenters. The molecule has 36 heavy (non-hydrogen) atoms. The minimum atomic E-state index is -0.716. The van der Waals surface area contributed by atoms with Crippen LogP contribution in [0.4, 0.5) is 0 Å². The van der Waals surface area contributed by atoms with Crippen molar-refractivity contribution in [1.82, 2.24) is 31.1 Å². The molecule has 4 N–H and O–H groups in total. The first-order valence-electron chi connectivity index (χ1n) is 13.9. The Morgan fingerprint density at radius 3 is 2.50 bits per heavy atom. The first-order chi connectivity index (χ1) is 17.1. The number of aliphatic hydroxyl groups excluding tert-OH is 1. The Bertz CT molecular complexity index is 824. The van der Waals surface area contributed by atoms with Crippen molar-refractivity contribution in [1.29, 1.82) is 0 Å². The minimum Gasteiger partial charge on any atom is -0.391 e. The summed E-state index contributed by atoms with van der Waals surface area (Å²) < 4.78 is 0. The van der Waals surface area contributed by atoms with E-state index in [0.717, 1.165) is 57.9 Å². The Hall–Kier alpha value is -1.75. The fraction of sp³-hybridized carbons (Fsp3) is 0.885. The second kappa shape index (κ2) is 10.9. The van der Waals surface area contributed by atoms with E-state index in [1.54, 1.807) is 11.9 Å². The number of hydrogen-bond acceptors (Lipinski definition) is 7. The fourth-order valence-corrected chi connectivity index (χ4v) is 6.80. The van der Waals surface area contributed by atoms with E-state index in [9.17, 15) is 19.5 Å². The van der Waals surface area contributed by atoms with Gasteiger partial charge in [-0.3, -0.25) is 14.4 Å². The number of likely N-dealkylation sites (N-methyl/N-ethyl adjacent to an activating group) is 1. The summed E-state index contributed by atoms with van der Waals surface area (Å²) in [6, 6.07) is -1.23. The van der Waals surface area contributed by atoms with Gasteiger partial charge in [0.05, 0.1) is 17.7 Å². The number of hydrazine groups is 2. The van der Waals surface area contributed by atoms with E-state index in [0.29, 0.717) is 13.0 Å². The number of aliphatic hydroxyl groups is 1. The molecule has 1 aliphatic carbocycles. The maximum Gasteiger partial charge on any atom is 0.242 e. The van der Waals surface area contributed by atoms with Gasteiger partial charge in [-0.15, -0.1) is 0 Å². The number of β-amino-alcohol motifs (C(OH)–C–C–N with tert-alkyl or cyclic N) is 1. The molecule has 0 aromatic heterocycles. The second-order valence-corrected chi connectivity index (χ2v) is 12.3. The highest BCUT2D eigenvalue weighted by Crippen LogP contribution is 2.43. The Labute approximate surface area is 215 Å². The maximum atomic E-state index is 14.2. The zero-order valence-electron chi connectivity index (χ0n) is 22.5. The number of likely N-dealkylation sites (tertiary alicyclic amines) is 2. The van der Waals surface area contributed by atoms with Gasteiger partial charge in [-0.2, -0.15) is 5.53 Å². The highest BCUT2D eigenvalue weighted by Gasteiger charge is 2.57. The summed E-state index contributed by atoms with van der Waals surface area (Å²) >= 11 is 0. The highest BCUT2D eigenvalue weighted by molar-refractivity contribution is 5.91. The van der Waals surface area contributed by atoms with E-state index in [1.165, 1.54) is 0 Å². The van der Waals surface area contributed by atoms with Crippen LogP contribution in [0.5, 0.6) is 0 Å². The van der Waals surface area contributed by atoms with Crippen LogP contribution in [-0.4, -0.2) is 94.1 Å². The molecule has 0 radical (unpaired) electrons. The van der Waals surface area contributed by atoms with Gasteiger partial charge in [-0.05, 0) is 31.1 Å². The van der Waals surface area contributed by atoms with Crippen LogP contribution in [0, 0.1) is 5.41 Å². The van der Waals surface area contributed by atoms with Crippen molar-refractivity contribution in [2.75, 3.05) is 26.7 Å². The Morgan fingerprint density at radius 1 is 1.14 bits per heavy atom. The van der Waals surface area contributed by atoms with Gasteiger partial charge in [0.25, 0.3) is 0 Å². The van der Waals surface area contributed by atoms with Crippen molar-refractivity contribution in [3.05, 3.63) is 0 Å². The van der Waals surface area contributed by atoms with Crippen LogP contribution < -0.4 is 16.3 Å². The molecule has 4 fully saturated rings. The molecule has 1 spiro atoms. The van der Waals surface area contributed by atoms with E-state index >= 15 is 0 Å². The summed E-state index contributed by atoms with van der Waals surface area (Å²) in [6.45, 7) is 7.73. The van der Waals surface area contributed by atoms with Crippen molar-refractivity contribution in [3.8, 4) is 0 Å². The van der Waals surface area contributed by atoms with Gasteiger partial charge in [0.2, 0.25) is 17.7 Å². The molecule has 204 valence electrons. The van der Waals surface area contributed by atoms with E-state index < -0.39 is 23.6 Å². The highest BCUT2D eigenvalue weighted by atomic mass is 16.3. The average Bonchev–Trinajstić information content (AvgIpc) is 3.30. The second-order valence-electron chi connectivity index (χ2n) is 12.3. The Morgan fingerprint density at radius 2 is 1.83 bits per heavy atom. The summed E-state index contributed by atoms with van der Waals surface area (Å²) in [5.74, 6) is -0.162. The molecule has 4 rings (SSSR count). The fourth-order valence-electron chi connectivity index (χ4n) is 6.80. The van der Waals surface area contributed by atoms with E-state index in [1.807, 2.05) is 4.90 Å². The number of carbonyl (C=O) groups excluding carboxylic acids is 3. The van der Waals surface area contributed by atoms with Crippen molar-refractivity contribution in [2.45, 2.75) is 115 Å². The van der Waals surface area contributed by atoms with Gasteiger partial charge >= 0.3 is 0 Å². The first kappa shape index (κ1) is 27.3. The van der Waals surface area contributed by atoms with E-state index in [2.05, 4.69) is 42.1 Å². The maximum absolute atomic E-state index is 14.2. The molecule has 0 aromatic rings. The topological polar surface area (TPSA) is 117 Å². The van der Waals surface area contributed by atoms with Crippen molar-refractivity contribution in [3.63, 3.8) is 0 Å². The quantitative estimate of drug-likeness (QED) is 0.438. The lowest BCUT2D eigenvalue weighted by Gasteiger charge is -2.50. The summed E-state index contributed by atoms with van der Waals surface area (Å²) in [6.07, 6.45) is 8.38. The molecule has 10 heteroatoms. The Kier molecular flexibility index (Phi) is 8.29. The van der Waals surface area contributed by atoms with Crippen molar-refractivity contribution < 1.29 is 19.5 Å². The summed E-state index contributed by atoms with van der Waals surface area (Å²) in [7, 11) is 1.56. The molecule has 0 aromatic carbocycles. The molecular weight excluding hydrogens is 460 g/mol. The molecule has 0 bridgehead atoms. The molecule has 3 aliphatic heterocycles. The van der Waals surface area contributed by atoms with Crippen LogP contribution in [0.15, 0.2) is 0 Å². The zero-order chi connectivity index (χ0) is 26.1. The van der Waals surface area contributed by atoms with Crippen LogP contribution in [0.1, 0.15) is 85.0 Å². The van der Waals surface area contributed by atoms with Gasteiger partial charge in [0, 0.05) is 39.5 Å². The van der Waals surface area contributed by atoms with Crippen LogP contribution in [-0.2, 0) is 14.4 Å². The van der Waals surface area contributed by atoms with Gasteiger partial charge in [-0.1, -0.05) is 46.5 Å². The number of nitrogens with zero attached hydrogens (tertiary/aromatic N) is 3. The lowest BCUT2D eigenvalue weighted by atomic mass is 9.73. The van der Waals surface area contributed by atoms with Gasteiger partial charge in [-0.25, -0.2) is 10.4 Å². The Balaban J connectivity index is 1.64. The van der Waals surface area contributed by atoms with Crippen molar-refractivity contribution >= 4 is 17.7 Å². The van der Waals surface area contributed by atoms with Crippen LogP contribution in [0.25, 0.3) is 0 Å². The lowest BCUT2D eigenvalue weighted by Crippen LogP contribution is -2.66. The summed E-state index contributed by atoms with van der Waals surface area (Å²) in [4.78, 5) is 43.3. The number of amides is 3. The van der Waals surface area contributed by atoms with Gasteiger partial charge < -0.3 is 20.2 Å². The smallest absolute Gasteiger partial charge is 0.242 e. The summed E-state index contributed by atoms with van der Waals surface area (Å²) in [5.41, 5.74) is 6.13. The number of hydrogen-bond donors (Lipinski definition) is 4. The minimum absolute atomic E-state index is 0.00333. The van der Waals surface area contributed by atoms with Crippen LogP contribution in [0.2, 0.25) is 0 Å². The summed E-state index contributed by atoms with van der Waals surface area (Å²) in [5, 5.41) is 15.2. The third-order valence-electron chi connectivity index (χ3n) is 8.70. The number of nitrogens with one attached hydrogen (secondary N) is 3. The van der Waals surface area contributed by atoms with Crippen LogP contribution in [0.3, 0.4) is 0 Å². The molecule has 10 nitrogen and oxygen atoms in total. The van der Waals surface area contributed by atoms with Crippen molar-refractivity contribution in [2.24, 2.45) is 5.41 Å². The van der Waals surface area contributed by atoms with E-state index in [-0.39, 0.29) is 42.3 Å². The predicted molar refractivity (Wildman–Crippen MR) is 136 cm³/mol. The average molecular weight is 507 g/mol. The number of carbonyl (C=O) groups is 3. The number of rotatable bonds is 5. The monoisotopic (exact) mass is 506 g/mol. The van der Waals surface area contributed by atoms with Gasteiger partial charge in [0.1, 0.15) is 12.1 Å². The molecule has 4 aliphatic rings. The zero-order valence-corrected chi connectivity index (χ0v) is 22.5. The third kappa shape index (κ3) is 5.28. The molecule has 3 saturated heterocycles. The SMILES string of the molecule is CNC(=O)[C@@H]1C[C@@H](O)CN1C(=O)[C@@H](N1NNC(CN2CCCCCC2=O)C12CCCCC2)C(C)(C)C. The van der Waals surface area contributed by atoms with Gasteiger partial charge in [0.15, 0.2) is 0 Å². The molecule has 1 unspecified atom stereocenters. The normalized spacial score (nSPS) is 30.5. The largest absolute Gasteiger partial charge is 0.391 e. The van der Waals surface area contributed by atoms with Crippen LogP contribution >= 0.6 is 0 Å². The predicted octanol–water partition coefficient (Wildman–Crippen LogP) is 0.908. The molecule has 3 heterocycles. The van der Waals surface area contributed by atoms with E-state index in [4.69, 9.17) is 0 Å². The molecular formula is C26H46N6O4.